The van der Waals surface area contributed by atoms with Crippen molar-refractivity contribution in [3.05, 3.63) is 40.4 Å². The molecule has 3 rings (SSSR count). The summed E-state index contributed by atoms with van der Waals surface area (Å²) >= 11 is 9.68. The van der Waals surface area contributed by atoms with Crippen LogP contribution in [0.3, 0.4) is 0 Å². The first kappa shape index (κ1) is 14.6. The van der Waals surface area contributed by atoms with Gasteiger partial charge in [-0.1, -0.05) is 58.6 Å². The molecule has 1 aromatic carbocycles. The molecule has 0 atom stereocenters. The number of hydrogen-bond donors (Lipinski definition) is 1. The van der Waals surface area contributed by atoms with Crippen molar-refractivity contribution in [1.82, 2.24) is 4.72 Å². The van der Waals surface area contributed by atoms with Crippen molar-refractivity contribution in [2.45, 2.75) is 31.2 Å². The van der Waals surface area contributed by atoms with Gasteiger partial charge in [-0.15, -0.1) is 0 Å². The van der Waals surface area contributed by atoms with Crippen molar-refractivity contribution < 1.29 is 8.42 Å². The van der Waals surface area contributed by atoms with E-state index in [1.54, 1.807) is 18.2 Å². The lowest BCUT2D eigenvalue weighted by Crippen LogP contribution is -2.42. The van der Waals surface area contributed by atoms with Gasteiger partial charge in [0.15, 0.2) is 0 Å². The zero-order valence-corrected chi connectivity index (χ0v) is 14.0. The van der Waals surface area contributed by atoms with Gasteiger partial charge in [-0.25, -0.2) is 13.1 Å². The Hall–Kier alpha value is -0.360. The molecule has 0 radical (unpaired) electrons. The fourth-order valence-electron chi connectivity index (χ4n) is 3.27. The molecule has 1 fully saturated rings. The van der Waals surface area contributed by atoms with Crippen molar-refractivity contribution >= 4 is 42.5 Å². The molecule has 0 saturated heterocycles. The number of nitrogens with one attached hydrogen (secondary N) is 1. The maximum atomic E-state index is 12.6. The van der Waals surface area contributed by atoms with E-state index in [9.17, 15) is 8.42 Å². The Bertz CT molecular complexity index is 678. The van der Waals surface area contributed by atoms with Crippen LogP contribution < -0.4 is 4.72 Å². The Morgan fingerprint density at radius 3 is 2.50 bits per heavy atom. The smallest absolute Gasteiger partial charge is 0.207 e. The van der Waals surface area contributed by atoms with E-state index in [2.05, 4.69) is 20.7 Å². The van der Waals surface area contributed by atoms with Gasteiger partial charge in [-0.05, 0) is 24.5 Å². The Labute approximate surface area is 132 Å². The first-order valence-electron chi connectivity index (χ1n) is 6.59. The minimum absolute atomic E-state index is 0.363. The minimum Gasteiger partial charge on any atom is -0.207 e. The second-order valence-corrected chi connectivity index (χ2v) is 7.90. The van der Waals surface area contributed by atoms with Crippen LogP contribution in [0.25, 0.3) is 4.91 Å². The van der Waals surface area contributed by atoms with Gasteiger partial charge in [-0.3, -0.25) is 0 Å². The summed E-state index contributed by atoms with van der Waals surface area (Å²) in [5.41, 5.74) is 1.11. The molecule has 6 heteroatoms. The van der Waals surface area contributed by atoms with Crippen LogP contribution in [0.5, 0.6) is 0 Å². The van der Waals surface area contributed by atoms with Crippen LogP contribution in [0, 0.1) is 0 Å². The Balaban J connectivity index is 2.26. The third-order valence-corrected chi connectivity index (χ3v) is 6.71. The summed E-state index contributed by atoms with van der Waals surface area (Å²) in [4.78, 5) is 0.363. The normalized spacial score (nSPS) is 23.7. The Morgan fingerprint density at radius 2 is 1.90 bits per heavy atom. The molecule has 108 valence electrons. The molecular formula is C14H15BrClNO2S. The van der Waals surface area contributed by atoms with Crippen molar-refractivity contribution in [3.63, 3.8) is 0 Å². The number of alkyl halides is 1. The lowest BCUT2D eigenvalue weighted by Gasteiger charge is -2.25. The van der Waals surface area contributed by atoms with Crippen molar-refractivity contribution in [2.24, 2.45) is 0 Å². The summed E-state index contributed by atoms with van der Waals surface area (Å²) in [5, 5.41) is 1.01. The molecule has 1 heterocycles. The standard InChI is InChI=1S/C14H15BrClNO2S/c15-9-11-13(10-5-1-2-6-12(10)16)20(18,19)17-14(11)7-3-4-8-14/h1-2,5-6,17H,3-4,7-9H2. The molecule has 0 unspecified atom stereocenters. The van der Waals surface area contributed by atoms with Crippen molar-refractivity contribution in [2.75, 3.05) is 5.33 Å². The first-order chi connectivity index (χ1) is 9.50. The highest BCUT2D eigenvalue weighted by atomic mass is 79.9. The van der Waals surface area contributed by atoms with Gasteiger partial charge in [0.2, 0.25) is 10.0 Å². The minimum atomic E-state index is -3.50. The van der Waals surface area contributed by atoms with E-state index in [0.717, 1.165) is 31.3 Å². The molecule has 1 N–H and O–H groups in total. The average Bonchev–Trinajstić information content (AvgIpc) is 2.93. The third-order valence-electron chi connectivity index (χ3n) is 4.16. The van der Waals surface area contributed by atoms with E-state index in [4.69, 9.17) is 11.6 Å². The zero-order valence-electron chi connectivity index (χ0n) is 10.8. The topological polar surface area (TPSA) is 46.2 Å². The summed E-state index contributed by atoms with van der Waals surface area (Å²) in [5.74, 6) is 0. The van der Waals surface area contributed by atoms with Crippen LogP contribution in [-0.4, -0.2) is 19.3 Å². The molecule has 1 spiro atoms. The van der Waals surface area contributed by atoms with E-state index in [-0.39, 0.29) is 0 Å². The quantitative estimate of drug-likeness (QED) is 0.800. The highest BCUT2D eigenvalue weighted by molar-refractivity contribution is 9.09. The van der Waals surface area contributed by atoms with Gasteiger partial charge in [0, 0.05) is 15.9 Å². The van der Waals surface area contributed by atoms with Gasteiger partial charge in [0.05, 0.1) is 10.4 Å². The molecular weight excluding hydrogens is 362 g/mol. The SMILES string of the molecule is O=S1(=O)NC2(CCCC2)C(CBr)=C1c1ccccc1Cl. The fraction of sp³-hybridized carbons (Fsp3) is 0.429. The number of halogens is 2. The predicted octanol–water partition coefficient (Wildman–Crippen LogP) is 3.69. The number of rotatable bonds is 2. The van der Waals surface area contributed by atoms with E-state index in [1.807, 2.05) is 6.07 Å². The van der Waals surface area contributed by atoms with Crippen LogP contribution in [0.1, 0.15) is 31.2 Å². The van der Waals surface area contributed by atoms with Gasteiger partial charge < -0.3 is 0 Å². The summed E-state index contributed by atoms with van der Waals surface area (Å²) < 4.78 is 28.1. The van der Waals surface area contributed by atoms with Crippen LogP contribution in [-0.2, 0) is 10.0 Å². The van der Waals surface area contributed by atoms with Gasteiger partial charge in [0.25, 0.3) is 0 Å². The van der Waals surface area contributed by atoms with E-state index < -0.39 is 15.6 Å². The number of hydrogen-bond acceptors (Lipinski definition) is 2. The third kappa shape index (κ3) is 2.15. The largest absolute Gasteiger partial charge is 0.242 e. The highest BCUT2D eigenvalue weighted by Gasteiger charge is 2.49. The predicted molar refractivity (Wildman–Crippen MR) is 85.4 cm³/mol. The summed E-state index contributed by atoms with van der Waals surface area (Å²) in [6.45, 7) is 0. The lowest BCUT2D eigenvalue weighted by molar-refractivity contribution is 0.471. The first-order valence-corrected chi connectivity index (χ1v) is 9.57. The van der Waals surface area contributed by atoms with Crippen LogP contribution in [0.2, 0.25) is 5.02 Å². The summed E-state index contributed by atoms with van der Waals surface area (Å²) in [7, 11) is -3.50. The molecule has 0 bridgehead atoms. The van der Waals surface area contributed by atoms with Crippen molar-refractivity contribution in [1.29, 1.82) is 0 Å². The molecule has 1 aliphatic heterocycles. The molecule has 0 aromatic heterocycles. The maximum Gasteiger partial charge on any atom is 0.242 e. The second-order valence-electron chi connectivity index (χ2n) is 5.32. The Kier molecular flexibility index (Phi) is 3.73. The monoisotopic (exact) mass is 375 g/mol. The van der Waals surface area contributed by atoms with Crippen molar-refractivity contribution in [3.8, 4) is 0 Å². The van der Waals surface area contributed by atoms with E-state index in [0.29, 0.717) is 20.8 Å². The molecule has 0 amide bonds. The molecule has 1 aromatic rings. The van der Waals surface area contributed by atoms with Gasteiger partial charge in [0.1, 0.15) is 0 Å². The van der Waals surface area contributed by atoms with Crippen LogP contribution in [0.15, 0.2) is 29.8 Å². The maximum absolute atomic E-state index is 12.6. The van der Waals surface area contributed by atoms with Crippen LogP contribution >= 0.6 is 27.5 Å². The molecule has 2 aliphatic rings. The highest BCUT2D eigenvalue weighted by Crippen LogP contribution is 2.47. The second kappa shape index (κ2) is 5.13. The molecule has 1 saturated carbocycles. The number of sulfonamides is 1. The zero-order chi connectivity index (χ0) is 14.4. The van der Waals surface area contributed by atoms with Gasteiger partial charge in [-0.2, -0.15) is 0 Å². The van der Waals surface area contributed by atoms with E-state index in [1.165, 1.54) is 0 Å². The summed E-state index contributed by atoms with van der Waals surface area (Å²) in [6.07, 6.45) is 3.83. The molecule has 3 nitrogen and oxygen atoms in total. The molecule has 20 heavy (non-hydrogen) atoms. The lowest BCUT2D eigenvalue weighted by atomic mass is 9.89. The fourth-order valence-corrected chi connectivity index (χ4v) is 6.57. The van der Waals surface area contributed by atoms with E-state index >= 15 is 0 Å². The Morgan fingerprint density at radius 1 is 1.25 bits per heavy atom. The average molecular weight is 377 g/mol. The summed E-state index contributed by atoms with van der Waals surface area (Å²) in [6, 6.07) is 7.12. The molecule has 1 aliphatic carbocycles. The van der Waals surface area contributed by atoms with Gasteiger partial charge >= 0.3 is 0 Å². The van der Waals surface area contributed by atoms with Crippen LogP contribution in [0.4, 0.5) is 0 Å². The number of benzene rings is 1.